The topological polar surface area (TPSA) is 74.6 Å². The molecule has 2 rings (SSSR count). The number of aromatic carboxylic acids is 2. The number of carboxylic acids is 2. The molecule has 0 amide bonds. The highest BCUT2D eigenvalue weighted by Crippen LogP contribution is 2.29. The molecule has 5 heteroatoms. The summed E-state index contributed by atoms with van der Waals surface area (Å²) in [4.78, 5) is 22.3. The highest BCUT2D eigenvalue weighted by Gasteiger charge is 2.18. The third-order valence-corrected chi connectivity index (χ3v) is 2.97. The molecular weight excluding hydrogens is 268 g/mol. The van der Waals surface area contributed by atoms with Gasteiger partial charge in [0.1, 0.15) is 0 Å². The standard InChI is InChI=1S/C14H9ClO4/c15-12-7-10(13(16)17)9(6-11(12)14(18)19)8-4-2-1-3-5-8/h1-7H,(H,16,17)(H,18,19). The van der Waals surface area contributed by atoms with Crippen molar-refractivity contribution < 1.29 is 19.8 Å². The lowest BCUT2D eigenvalue weighted by Gasteiger charge is -2.09. The predicted octanol–water partition coefficient (Wildman–Crippen LogP) is 3.40. The van der Waals surface area contributed by atoms with Gasteiger partial charge < -0.3 is 10.2 Å². The summed E-state index contributed by atoms with van der Waals surface area (Å²) in [7, 11) is 0. The van der Waals surface area contributed by atoms with Crippen molar-refractivity contribution >= 4 is 23.5 Å². The van der Waals surface area contributed by atoms with Gasteiger partial charge in [-0.05, 0) is 23.3 Å². The molecule has 0 unspecified atom stereocenters. The second-order valence-electron chi connectivity index (χ2n) is 3.85. The Morgan fingerprint density at radius 2 is 1.47 bits per heavy atom. The molecule has 0 aliphatic rings. The first-order valence-corrected chi connectivity index (χ1v) is 5.74. The van der Waals surface area contributed by atoms with Gasteiger partial charge in [-0.25, -0.2) is 9.59 Å². The largest absolute Gasteiger partial charge is 0.478 e. The molecule has 0 atom stereocenters. The Morgan fingerprint density at radius 1 is 0.895 bits per heavy atom. The number of carboxylic acid groups (broad SMARTS) is 2. The van der Waals surface area contributed by atoms with Gasteiger partial charge in [-0.15, -0.1) is 0 Å². The van der Waals surface area contributed by atoms with E-state index in [4.69, 9.17) is 16.7 Å². The predicted molar refractivity (Wildman–Crippen MR) is 70.8 cm³/mol. The van der Waals surface area contributed by atoms with E-state index in [1.165, 1.54) is 6.07 Å². The number of rotatable bonds is 3. The molecule has 2 N–H and O–H groups in total. The molecule has 0 spiro atoms. The maximum atomic E-state index is 11.2. The van der Waals surface area contributed by atoms with Crippen molar-refractivity contribution in [3.8, 4) is 11.1 Å². The summed E-state index contributed by atoms with van der Waals surface area (Å²) in [5.41, 5.74) is 0.806. The Bertz CT molecular complexity index is 650. The molecule has 0 saturated carbocycles. The monoisotopic (exact) mass is 276 g/mol. The highest BCUT2D eigenvalue weighted by molar-refractivity contribution is 6.34. The average molecular weight is 277 g/mol. The molecule has 0 aliphatic carbocycles. The number of hydrogen-bond donors (Lipinski definition) is 2. The fraction of sp³-hybridized carbons (Fsp3) is 0. The van der Waals surface area contributed by atoms with Gasteiger partial charge in [0.05, 0.1) is 16.1 Å². The van der Waals surface area contributed by atoms with Gasteiger partial charge in [-0.2, -0.15) is 0 Å². The minimum Gasteiger partial charge on any atom is -0.478 e. The first-order valence-electron chi connectivity index (χ1n) is 5.36. The summed E-state index contributed by atoms with van der Waals surface area (Å²) < 4.78 is 0. The fourth-order valence-electron chi connectivity index (χ4n) is 1.77. The van der Waals surface area contributed by atoms with E-state index in [0.29, 0.717) is 11.1 Å². The van der Waals surface area contributed by atoms with Gasteiger partial charge in [-0.1, -0.05) is 41.9 Å². The van der Waals surface area contributed by atoms with Crippen LogP contribution >= 0.6 is 11.6 Å². The Hall–Kier alpha value is -2.33. The van der Waals surface area contributed by atoms with Crippen molar-refractivity contribution in [1.82, 2.24) is 0 Å². The Balaban J connectivity index is 2.73. The van der Waals surface area contributed by atoms with Crippen molar-refractivity contribution in [3.05, 3.63) is 58.6 Å². The summed E-state index contributed by atoms with van der Waals surface area (Å²) in [6.07, 6.45) is 0. The van der Waals surface area contributed by atoms with Crippen LogP contribution in [0.15, 0.2) is 42.5 Å². The molecule has 4 nitrogen and oxygen atoms in total. The molecule has 0 heterocycles. The minimum absolute atomic E-state index is 0.0267. The van der Waals surface area contributed by atoms with Crippen LogP contribution in [0.4, 0.5) is 0 Å². The smallest absolute Gasteiger partial charge is 0.337 e. The molecule has 2 aromatic carbocycles. The quantitative estimate of drug-likeness (QED) is 0.901. The van der Waals surface area contributed by atoms with Crippen LogP contribution in [0, 0.1) is 0 Å². The summed E-state index contributed by atoms with van der Waals surface area (Å²) in [5.74, 6) is -2.35. The molecule has 2 aromatic rings. The molecule has 0 saturated heterocycles. The second-order valence-corrected chi connectivity index (χ2v) is 4.26. The molecule has 0 bridgehead atoms. The molecule has 0 radical (unpaired) electrons. The summed E-state index contributed by atoms with van der Waals surface area (Å²) in [5, 5.41) is 18.1. The van der Waals surface area contributed by atoms with Crippen LogP contribution in [0.2, 0.25) is 5.02 Å². The average Bonchev–Trinajstić information content (AvgIpc) is 2.38. The van der Waals surface area contributed by atoms with E-state index in [-0.39, 0.29) is 16.1 Å². The van der Waals surface area contributed by atoms with E-state index in [9.17, 15) is 14.7 Å². The SMILES string of the molecule is O=C(O)c1cc(-c2ccccc2)c(C(=O)O)cc1Cl. The Morgan fingerprint density at radius 3 is 2.00 bits per heavy atom. The summed E-state index contributed by atoms with van der Waals surface area (Å²) in [6, 6.07) is 11.1. The van der Waals surface area contributed by atoms with Gasteiger partial charge in [-0.3, -0.25) is 0 Å². The van der Waals surface area contributed by atoms with Crippen molar-refractivity contribution in [2.75, 3.05) is 0 Å². The van der Waals surface area contributed by atoms with E-state index < -0.39 is 11.9 Å². The molecule has 0 aliphatic heterocycles. The molecule has 96 valence electrons. The van der Waals surface area contributed by atoms with Crippen molar-refractivity contribution in [3.63, 3.8) is 0 Å². The zero-order valence-electron chi connectivity index (χ0n) is 9.63. The van der Waals surface area contributed by atoms with Gasteiger partial charge in [0, 0.05) is 0 Å². The van der Waals surface area contributed by atoms with Gasteiger partial charge in [0.2, 0.25) is 0 Å². The van der Waals surface area contributed by atoms with Gasteiger partial charge in [0.25, 0.3) is 0 Å². The lowest BCUT2D eigenvalue weighted by atomic mass is 9.97. The Labute approximate surface area is 113 Å². The first-order chi connectivity index (χ1) is 9.00. The van der Waals surface area contributed by atoms with Crippen LogP contribution in [-0.2, 0) is 0 Å². The van der Waals surface area contributed by atoms with E-state index in [2.05, 4.69) is 0 Å². The van der Waals surface area contributed by atoms with E-state index in [1.807, 2.05) is 0 Å². The Kier molecular flexibility index (Phi) is 3.53. The zero-order valence-corrected chi connectivity index (χ0v) is 10.4. The molecule has 0 aromatic heterocycles. The summed E-state index contributed by atoms with van der Waals surface area (Å²) in [6.45, 7) is 0. The number of benzene rings is 2. The van der Waals surface area contributed by atoms with Gasteiger partial charge >= 0.3 is 11.9 Å². The maximum Gasteiger partial charge on any atom is 0.337 e. The van der Waals surface area contributed by atoms with Gasteiger partial charge in [0.15, 0.2) is 0 Å². The fourth-order valence-corrected chi connectivity index (χ4v) is 2.02. The van der Waals surface area contributed by atoms with Crippen LogP contribution in [0.1, 0.15) is 20.7 Å². The third-order valence-electron chi connectivity index (χ3n) is 2.65. The van der Waals surface area contributed by atoms with Crippen LogP contribution in [-0.4, -0.2) is 22.2 Å². The minimum atomic E-state index is -1.20. The van der Waals surface area contributed by atoms with Crippen LogP contribution in [0.5, 0.6) is 0 Å². The zero-order chi connectivity index (χ0) is 14.0. The molecular formula is C14H9ClO4. The first kappa shape index (κ1) is 13.1. The summed E-state index contributed by atoms with van der Waals surface area (Å²) >= 11 is 5.78. The number of carbonyl (C=O) groups is 2. The second kappa shape index (κ2) is 5.12. The molecule has 19 heavy (non-hydrogen) atoms. The van der Waals surface area contributed by atoms with E-state index >= 15 is 0 Å². The van der Waals surface area contributed by atoms with E-state index in [0.717, 1.165) is 6.07 Å². The van der Waals surface area contributed by atoms with Crippen molar-refractivity contribution in [2.24, 2.45) is 0 Å². The van der Waals surface area contributed by atoms with Crippen molar-refractivity contribution in [2.45, 2.75) is 0 Å². The third kappa shape index (κ3) is 2.58. The highest BCUT2D eigenvalue weighted by atomic mass is 35.5. The van der Waals surface area contributed by atoms with E-state index in [1.54, 1.807) is 30.3 Å². The number of hydrogen-bond acceptors (Lipinski definition) is 2. The van der Waals surface area contributed by atoms with Crippen LogP contribution in [0.25, 0.3) is 11.1 Å². The lowest BCUT2D eigenvalue weighted by molar-refractivity contribution is 0.0682. The normalized spacial score (nSPS) is 10.2. The van der Waals surface area contributed by atoms with Crippen LogP contribution in [0.3, 0.4) is 0 Å². The maximum absolute atomic E-state index is 11.2. The molecule has 0 fully saturated rings. The number of halogens is 1. The van der Waals surface area contributed by atoms with Crippen molar-refractivity contribution in [1.29, 1.82) is 0 Å². The van der Waals surface area contributed by atoms with Crippen LogP contribution < -0.4 is 0 Å². The lowest BCUT2D eigenvalue weighted by Crippen LogP contribution is -2.04.